The molecule has 1 unspecified atom stereocenters. The van der Waals surface area contributed by atoms with Gasteiger partial charge in [-0.3, -0.25) is 9.69 Å². The molecule has 1 aromatic rings. The normalized spacial score (nSPS) is 17.1. The van der Waals surface area contributed by atoms with Crippen LogP contribution in [0.3, 0.4) is 0 Å². The Morgan fingerprint density at radius 1 is 1.29 bits per heavy atom. The zero-order valence-corrected chi connectivity index (χ0v) is 16.0. The first-order valence-electron chi connectivity index (χ1n) is 8.82. The van der Waals surface area contributed by atoms with Crippen molar-refractivity contribution in [2.45, 2.75) is 45.7 Å². The lowest BCUT2D eigenvalue weighted by Crippen LogP contribution is -2.48. The van der Waals surface area contributed by atoms with Gasteiger partial charge in [-0.25, -0.2) is 0 Å². The van der Waals surface area contributed by atoms with Crippen LogP contribution in [0, 0.1) is 12.8 Å². The Bertz CT molecular complexity index is 501. The minimum atomic E-state index is -0.0377. The number of piperidine rings is 1. The molecule has 1 saturated heterocycles. The second-order valence-corrected chi connectivity index (χ2v) is 6.69. The Hall–Kier alpha value is -1.10. The summed E-state index contributed by atoms with van der Waals surface area (Å²) in [6.07, 6.45) is 3.66. The Morgan fingerprint density at radius 3 is 2.58 bits per heavy atom. The van der Waals surface area contributed by atoms with Crippen molar-refractivity contribution >= 4 is 18.3 Å². The van der Waals surface area contributed by atoms with Crippen LogP contribution in [0.5, 0.6) is 0 Å². The van der Waals surface area contributed by atoms with E-state index >= 15 is 0 Å². The molecule has 1 fully saturated rings. The molecule has 0 spiro atoms. The van der Waals surface area contributed by atoms with Crippen LogP contribution in [0.2, 0.25) is 0 Å². The third-order valence-electron chi connectivity index (χ3n) is 5.09. The van der Waals surface area contributed by atoms with E-state index in [1.807, 2.05) is 26.1 Å². The summed E-state index contributed by atoms with van der Waals surface area (Å²) in [5, 5.41) is 6.32. The van der Waals surface area contributed by atoms with Gasteiger partial charge in [-0.05, 0) is 76.8 Å². The highest BCUT2D eigenvalue weighted by Gasteiger charge is 2.26. The molecule has 1 aliphatic heterocycles. The van der Waals surface area contributed by atoms with E-state index in [0.29, 0.717) is 6.54 Å². The third kappa shape index (κ3) is 6.08. The molecule has 1 aliphatic rings. The molecule has 24 heavy (non-hydrogen) atoms. The monoisotopic (exact) mass is 353 g/mol. The number of hydrogen-bond donors (Lipinski definition) is 2. The summed E-state index contributed by atoms with van der Waals surface area (Å²) in [5.74, 6) is 0.947. The summed E-state index contributed by atoms with van der Waals surface area (Å²) in [6.45, 7) is 7.90. The fraction of sp³-hybridized carbons (Fsp3) is 0.632. The van der Waals surface area contributed by atoms with E-state index in [2.05, 4.69) is 34.6 Å². The van der Waals surface area contributed by atoms with Crippen LogP contribution in [0.15, 0.2) is 24.3 Å². The number of halogens is 1. The molecule has 4 nitrogen and oxygen atoms in total. The van der Waals surface area contributed by atoms with Crippen LogP contribution < -0.4 is 10.6 Å². The average molecular weight is 354 g/mol. The fourth-order valence-corrected chi connectivity index (χ4v) is 3.28. The molecule has 0 bridgehead atoms. The molecule has 136 valence electrons. The number of amides is 1. The van der Waals surface area contributed by atoms with E-state index in [9.17, 15) is 4.79 Å². The van der Waals surface area contributed by atoms with E-state index in [0.717, 1.165) is 25.6 Å². The smallest absolute Gasteiger partial charge is 0.237 e. The number of aryl methyl sites for hydroxylation is 1. The number of carbonyl (C=O) groups excluding carboxylic acids is 1. The summed E-state index contributed by atoms with van der Waals surface area (Å²) >= 11 is 0. The molecule has 2 rings (SSSR count). The maximum Gasteiger partial charge on any atom is 0.237 e. The molecule has 0 saturated carbocycles. The quantitative estimate of drug-likeness (QED) is 0.792. The minimum Gasteiger partial charge on any atom is -0.351 e. The fourth-order valence-electron chi connectivity index (χ4n) is 3.28. The van der Waals surface area contributed by atoms with Crippen molar-refractivity contribution < 1.29 is 4.79 Å². The molecule has 1 amide bonds. The van der Waals surface area contributed by atoms with E-state index < -0.39 is 0 Å². The van der Waals surface area contributed by atoms with Crippen molar-refractivity contribution in [3.05, 3.63) is 35.4 Å². The predicted octanol–water partition coefficient (Wildman–Crippen LogP) is 2.74. The van der Waals surface area contributed by atoms with Gasteiger partial charge in [0.1, 0.15) is 0 Å². The minimum absolute atomic E-state index is 0. The van der Waals surface area contributed by atoms with Gasteiger partial charge in [0.05, 0.1) is 6.04 Å². The van der Waals surface area contributed by atoms with Gasteiger partial charge < -0.3 is 10.6 Å². The van der Waals surface area contributed by atoms with Crippen molar-refractivity contribution in [2.24, 2.45) is 5.92 Å². The van der Waals surface area contributed by atoms with Gasteiger partial charge in [0, 0.05) is 6.54 Å². The summed E-state index contributed by atoms with van der Waals surface area (Å²) < 4.78 is 0. The van der Waals surface area contributed by atoms with Gasteiger partial charge in [-0.1, -0.05) is 24.3 Å². The number of carbonyl (C=O) groups is 1. The van der Waals surface area contributed by atoms with Crippen LogP contribution in [-0.2, 0) is 11.3 Å². The Labute approximate surface area is 152 Å². The van der Waals surface area contributed by atoms with Crippen LogP contribution in [0.4, 0.5) is 0 Å². The van der Waals surface area contributed by atoms with Crippen molar-refractivity contribution in [1.82, 2.24) is 15.5 Å². The first-order valence-corrected chi connectivity index (χ1v) is 8.82. The number of rotatable bonds is 7. The van der Waals surface area contributed by atoms with Gasteiger partial charge >= 0.3 is 0 Å². The average Bonchev–Trinajstić information content (AvgIpc) is 2.59. The highest BCUT2D eigenvalue weighted by molar-refractivity contribution is 5.85. The van der Waals surface area contributed by atoms with E-state index in [1.165, 1.54) is 30.4 Å². The number of hydrogen-bond acceptors (Lipinski definition) is 3. The number of benzene rings is 1. The van der Waals surface area contributed by atoms with Crippen LogP contribution in [0.25, 0.3) is 0 Å². The van der Waals surface area contributed by atoms with Gasteiger partial charge in [0.25, 0.3) is 0 Å². The zero-order chi connectivity index (χ0) is 16.7. The largest absolute Gasteiger partial charge is 0.351 e. The molecule has 1 heterocycles. The summed E-state index contributed by atoms with van der Waals surface area (Å²) in [6, 6.07) is 8.17. The number of likely N-dealkylation sites (tertiary alicyclic amines) is 1. The summed E-state index contributed by atoms with van der Waals surface area (Å²) in [4.78, 5) is 14.7. The standard InChI is InChI=1S/C19H31N3O.ClH/c1-15-6-4-5-7-18(15)14-21-19(23)16(2)22-12-9-17(10-13-22)8-11-20-3;/h4-7,16-17,20H,8-14H2,1-3H3,(H,21,23);1H. The topological polar surface area (TPSA) is 44.4 Å². The van der Waals surface area contributed by atoms with Crippen molar-refractivity contribution in [3.8, 4) is 0 Å². The predicted molar refractivity (Wildman–Crippen MR) is 103 cm³/mol. The van der Waals surface area contributed by atoms with Crippen molar-refractivity contribution in [2.75, 3.05) is 26.7 Å². The highest BCUT2D eigenvalue weighted by Crippen LogP contribution is 2.21. The Balaban J connectivity index is 0.00000288. The van der Waals surface area contributed by atoms with Gasteiger partial charge in [-0.2, -0.15) is 0 Å². The first kappa shape index (κ1) is 20.9. The number of nitrogens with zero attached hydrogens (tertiary/aromatic N) is 1. The molecule has 0 aromatic heterocycles. The summed E-state index contributed by atoms with van der Waals surface area (Å²) in [5.41, 5.74) is 2.42. The van der Waals surface area contributed by atoms with Gasteiger partial charge in [0.15, 0.2) is 0 Å². The van der Waals surface area contributed by atoms with Gasteiger partial charge in [-0.15, -0.1) is 12.4 Å². The second-order valence-electron chi connectivity index (χ2n) is 6.69. The van der Waals surface area contributed by atoms with E-state index in [1.54, 1.807) is 0 Å². The molecule has 1 aromatic carbocycles. The number of nitrogens with one attached hydrogen (secondary N) is 2. The van der Waals surface area contributed by atoms with Crippen molar-refractivity contribution in [3.63, 3.8) is 0 Å². The zero-order valence-electron chi connectivity index (χ0n) is 15.2. The highest BCUT2D eigenvalue weighted by atomic mass is 35.5. The molecule has 0 radical (unpaired) electrons. The SMILES string of the molecule is CNCCC1CCN(C(C)C(=O)NCc2ccccc2C)CC1.Cl. The van der Waals surface area contributed by atoms with Crippen LogP contribution in [0.1, 0.15) is 37.3 Å². The van der Waals surface area contributed by atoms with E-state index in [4.69, 9.17) is 0 Å². The Morgan fingerprint density at radius 2 is 1.96 bits per heavy atom. The van der Waals surface area contributed by atoms with Gasteiger partial charge in [0.2, 0.25) is 5.91 Å². The molecular formula is C19H32ClN3O. The molecule has 5 heteroatoms. The molecular weight excluding hydrogens is 322 g/mol. The lowest BCUT2D eigenvalue weighted by molar-refractivity contribution is -0.126. The third-order valence-corrected chi connectivity index (χ3v) is 5.09. The van der Waals surface area contributed by atoms with Crippen LogP contribution >= 0.6 is 12.4 Å². The Kier molecular flexibility index (Phi) is 9.34. The van der Waals surface area contributed by atoms with Crippen molar-refractivity contribution in [1.29, 1.82) is 0 Å². The summed E-state index contributed by atoms with van der Waals surface area (Å²) in [7, 11) is 2.01. The maximum atomic E-state index is 12.4. The van der Waals surface area contributed by atoms with E-state index in [-0.39, 0.29) is 24.4 Å². The molecule has 0 aliphatic carbocycles. The second kappa shape index (κ2) is 10.7. The lowest BCUT2D eigenvalue weighted by Gasteiger charge is -2.35. The first-order chi connectivity index (χ1) is 11.1. The lowest BCUT2D eigenvalue weighted by atomic mass is 9.93. The van der Waals surface area contributed by atoms with Crippen LogP contribution in [-0.4, -0.2) is 43.5 Å². The molecule has 2 N–H and O–H groups in total. The maximum absolute atomic E-state index is 12.4. The molecule has 1 atom stereocenters.